The van der Waals surface area contributed by atoms with Gasteiger partial charge >= 0.3 is 0 Å². The van der Waals surface area contributed by atoms with Crippen LogP contribution in [-0.2, 0) is 14.6 Å². The molecule has 0 fully saturated rings. The lowest BCUT2D eigenvalue weighted by atomic mass is 9.99. The topological polar surface area (TPSA) is 63.2 Å². The molecular formula is C15H25NO3S2. The highest BCUT2D eigenvalue weighted by Gasteiger charge is 2.17. The minimum absolute atomic E-state index is 0.0322. The van der Waals surface area contributed by atoms with Gasteiger partial charge in [0.15, 0.2) is 9.84 Å². The van der Waals surface area contributed by atoms with Gasteiger partial charge in [-0.25, -0.2) is 8.42 Å². The molecule has 4 nitrogen and oxygen atoms in total. The molecule has 1 aromatic heterocycles. The maximum atomic E-state index is 12.0. The molecule has 0 aliphatic heterocycles. The van der Waals surface area contributed by atoms with Crippen LogP contribution in [0.3, 0.4) is 0 Å². The summed E-state index contributed by atoms with van der Waals surface area (Å²) in [5.74, 6) is 0.193. The average molecular weight is 332 g/mol. The Bertz CT molecular complexity index is 509. The Hall–Kier alpha value is -0.880. The minimum atomic E-state index is -3.31. The van der Waals surface area contributed by atoms with Gasteiger partial charge < -0.3 is 5.32 Å². The third-order valence-corrected chi connectivity index (χ3v) is 6.73. The fourth-order valence-electron chi connectivity index (χ4n) is 2.06. The molecule has 0 bridgehead atoms. The molecule has 0 radical (unpaired) electrons. The third kappa shape index (κ3) is 6.61. The quantitative estimate of drug-likeness (QED) is 0.716. The van der Waals surface area contributed by atoms with Crippen molar-refractivity contribution in [1.82, 2.24) is 5.32 Å². The molecule has 0 saturated carbocycles. The first-order chi connectivity index (χ1) is 9.99. The van der Waals surface area contributed by atoms with Crippen LogP contribution in [-0.4, -0.2) is 26.6 Å². The number of carbonyl (C=O) groups excluding carboxylic acids is 1. The van der Waals surface area contributed by atoms with E-state index in [1.165, 1.54) is 17.8 Å². The van der Waals surface area contributed by atoms with Crippen molar-refractivity contribution in [1.29, 1.82) is 0 Å². The van der Waals surface area contributed by atoms with E-state index in [1.54, 1.807) is 17.5 Å². The zero-order valence-electron chi connectivity index (χ0n) is 12.8. The predicted octanol–water partition coefficient (Wildman–Crippen LogP) is 3.24. The Morgan fingerprint density at radius 1 is 1.38 bits per heavy atom. The molecular weight excluding hydrogens is 306 g/mol. The predicted molar refractivity (Wildman–Crippen MR) is 87.3 cm³/mol. The largest absolute Gasteiger partial charge is 0.356 e. The van der Waals surface area contributed by atoms with Gasteiger partial charge in [-0.3, -0.25) is 4.79 Å². The van der Waals surface area contributed by atoms with E-state index >= 15 is 0 Å². The number of rotatable bonds is 10. The molecule has 6 heteroatoms. The van der Waals surface area contributed by atoms with E-state index in [0.717, 1.165) is 19.3 Å². The first kappa shape index (κ1) is 18.2. The molecule has 1 aromatic rings. The number of hydrogen-bond acceptors (Lipinski definition) is 4. The van der Waals surface area contributed by atoms with Gasteiger partial charge in [-0.1, -0.05) is 39.2 Å². The van der Waals surface area contributed by atoms with Crippen molar-refractivity contribution >= 4 is 27.1 Å². The lowest BCUT2D eigenvalue weighted by molar-refractivity contribution is -0.120. The molecule has 1 rings (SSSR count). The van der Waals surface area contributed by atoms with Gasteiger partial charge in [-0.05, 0) is 23.8 Å². The Labute approximate surface area is 131 Å². The van der Waals surface area contributed by atoms with E-state index in [-0.39, 0.29) is 18.1 Å². The summed E-state index contributed by atoms with van der Waals surface area (Å²) in [5.41, 5.74) is 0. The second kappa shape index (κ2) is 9.20. The molecule has 0 aliphatic carbocycles. The van der Waals surface area contributed by atoms with Gasteiger partial charge in [0, 0.05) is 13.0 Å². The first-order valence-electron chi connectivity index (χ1n) is 7.52. The summed E-state index contributed by atoms with van der Waals surface area (Å²) >= 11 is 1.19. The fraction of sp³-hybridized carbons (Fsp3) is 0.667. The Morgan fingerprint density at radius 3 is 2.71 bits per heavy atom. The van der Waals surface area contributed by atoms with E-state index < -0.39 is 9.84 Å². The van der Waals surface area contributed by atoms with E-state index in [4.69, 9.17) is 0 Å². The number of nitrogens with one attached hydrogen (secondary N) is 1. The number of amides is 1. The molecule has 1 N–H and O–H groups in total. The van der Waals surface area contributed by atoms with Gasteiger partial charge in [-0.2, -0.15) is 0 Å². The van der Waals surface area contributed by atoms with Crippen LogP contribution in [0.5, 0.6) is 0 Å². The average Bonchev–Trinajstić information content (AvgIpc) is 3.00. The van der Waals surface area contributed by atoms with E-state index in [1.807, 2.05) is 0 Å². The van der Waals surface area contributed by atoms with Gasteiger partial charge in [0.1, 0.15) is 4.21 Å². The first-order valence-corrected chi connectivity index (χ1v) is 10.1. The second-order valence-electron chi connectivity index (χ2n) is 5.22. The zero-order valence-corrected chi connectivity index (χ0v) is 14.4. The smallest absolute Gasteiger partial charge is 0.221 e. The molecule has 1 heterocycles. The summed E-state index contributed by atoms with van der Waals surface area (Å²) in [7, 11) is -3.31. The van der Waals surface area contributed by atoms with Crippen LogP contribution in [0.4, 0.5) is 0 Å². The van der Waals surface area contributed by atoms with Crippen LogP contribution in [0.15, 0.2) is 21.7 Å². The number of thiophene rings is 1. The summed E-state index contributed by atoms with van der Waals surface area (Å²) in [4.78, 5) is 11.8. The van der Waals surface area contributed by atoms with Crippen LogP contribution in [0.1, 0.15) is 46.0 Å². The van der Waals surface area contributed by atoms with Crippen molar-refractivity contribution in [2.75, 3.05) is 12.3 Å². The molecule has 1 atom stereocenters. The van der Waals surface area contributed by atoms with E-state index in [0.29, 0.717) is 16.7 Å². The highest BCUT2D eigenvalue weighted by atomic mass is 32.2. The van der Waals surface area contributed by atoms with E-state index in [2.05, 4.69) is 19.2 Å². The Balaban J connectivity index is 2.34. The van der Waals surface area contributed by atoms with Gasteiger partial charge in [0.2, 0.25) is 5.91 Å². The summed E-state index contributed by atoms with van der Waals surface area (Å²) in [6.45, 7) is 4.92. The lowest BCUT2D eigenvalue weighted by Gasteiger charge is -2.15. The molecule has 0 aliphatic rings. The Kier molecular flexibility index (Phi) is 7.96. The van der Waals surface area contributed by atoms with Crippen LogP contribution in [0.25, 0.3) is 0 Å². The summed E-state index contributed by atoms with van der Waals surface area (Å²) in [5, 5.41) is 4.59. The molecule has 0 aromatic carbocycles. The van der Waals surface area contributed by atoms with Crippen molar-refractivity contribution < 1.29 is 13.2 Å². The van der Waals surface area contributed by atoms with Gasteiger partial charge in [-0.15, -0.1) is 11.3 Å². The van der Waals surface area contributed by atoms with Gasteiger partial charge in [0.25, 0.3) is 0 Å². The zero-order chi connectivity index (χ0) is 15.7. The minimum Gasteiger partial charge on any atom is -0.356 e. The van der Waals surface area contributed by atoms with Crippen molar-refractivity contribution in [2.45, 2.75) is 50.2 Å². The number of carbonyl (C=O) groups is 1. The number of hydrogen-bond donors (Lipinski definition) is 1. The van der Waals surface area contributed by atoms with Crippen molar-refractivity contribution in [3.8, 4) is 0 Å². The normalized spacial score (nSPS) is 13.0. The summed E-state index contributed by atoms with van der Waals surface area (Å²) < 4.78 is 24.3. The van der Waals surface area contributed by atoms with Crippen LogP contribution in [0, 0.1) is 5.92 Å². The lowest BCUT2D eigenvalue weighted by Crippen LogP contribution is -2.30. The number of unbranched alkanes of at least 4 members (excludes halogenated alkanes) is 1. The summed E-state index contributed by atoms with van der Waals surface area (Å²) in [6, 6.07) is 3.28. The van der Waals surface area contributed by atoms with Crippen LogP contribution in [0.2, 0.25) is 0 Å². The number of sulfone groups is 1. The highest BCUT2D eigenvalue weighted by Crippen LogP contribution is 2.18. The molecule has 1 amide bonds. The molecule has 0 saturated heterocycles. The summed E-state index contributed by atoms with van der Waals surface area (Å²) in [6.07, 6.45) is 4.50. The molecule has 120 valence electrons. The maximum absolute atomic E-state index is 12.0. The SMILES string of the molecule is CCCCC(CC)CNC(=O)CCS(=O)(=O)c1cccs1. The molecule has 21 heavy (non-hydrogen) atoms. The van der Waals surface area contributed by atoms with Crippen molar-refractivity contribution in [2.24, 2.45) is 5.92 Å². The standard InChI is InChI=1S/C15H25NO3S2/c1-3-5-7-13(4-2)12-16-14(17)9-11-21(18,19)15-8-6-10-20-15/h6,8,10,13H,3-5,7,9,11-12H2,1-2H3,(H,16,17). The van der Waals surface area contributed by atoms with E-state index in [9.17, 15) is 13.2 Å². The van der Waals surface area contributed by atoms with Crippen molar-refractivity contribution in [3.05, 3.63) is 17.5 Å². The highest BCUT2D eigenvalue weighted by molar-refractivity contribution is 7.93. The monoisotopic (exact) mass is 331 g/mol. The second-order valence-corrected chi connectivity index (χ2v) is 8.51. The third-order valence-electron chi connectivity index (χ3n) is 3.53. The maximum Gasteiger partial charge on any atom is 0.221 e. The van der Waals surface area contributed by atoms with Gasteiger partial charge in [0.05, 0.1) is 5.75 Å². The van der Waals surface area contributed by atoms with Crippen LogP contribution >= 0.6 is 11.3 Å². The molecule has 1 unspecified atom stereocenters. The Morgan fingerprint density at radius 2 is 2.14 bits per heavy atom. The van der Waals surface area contributed by atoms with Crippen LogP contribution < -0.4 is 5.32 Å². The van der Waals surface area contributed by atoms with Crippen molar-refractivity contribution in [3.63, 3.8) is 0 Å². The fourth-order valence-corrected chi connectivity index (χ4v) is 4.45. The molecule has 0 spiro atoms.